The average molecular weight is 286 g/mol. The summed E-state index contributed by atoms with van der Waals surface area (Å²) in [7, 11) is -0.987. The fourth-order valence-corrected chi connectivity index (χ4v) is 2.91. The molecule has 4 unspecified atom stereocenters. The van der Waals surface area contributed by atoms with E-state index in [-0.39, 0.29) is 23.1 Å². The van der Waals surface area contributed by atoms with Crippen LogP contribution in [0, 0.1) is 5.92 Å². The molecule has 1 N–H and O–H groups in total. The second-order valence-electron chi connectivity index (χ2n) is 5.55. The first-order chi connectivity index (χ1) is 8.95. The van der Waals surface area contributed by atoms with Crippen LogP contribution in [0.3, 0.4) is 0 Å². The summed E-state index contributed by atoms with van der Waals surface area (Å²) >= 11 is 0. The molecule has 1 aliphatic carbocycles. The van der Waals surface area contributed by atoms with E-state index in [4.69, 9.17) is 0 Å². The zero-order chi connectivity index (χ0) is 14.2. The molecule has 0 bridgehead atoms. The second-order valence-corrected chi connectivity index (χ2v) is 7.35. The molecule has 2 aliphatic rings. The van der Waals surface area contributed by atoms with E-state index in [1.807, 2.05) is 13.8 Å². The predicted octanol–water partition coefficient (Wildman–Crippen LogP) is 0.269. The third kappa shape index (κ3) is 2.99. The standard InChI is InChI=1S/C13H22N2O3S/c1-4-10-12(16)14-11(9-5-6-9)13(17)15(10)7-8(2)19(3)18/h8-11H,4-7H2,1-3H3,(H,14,16). The Morgan fingerprint density at radius 1 is 1.42 bits per heavy atom. The Kier molecular flexibility index (Phi) is 4.28. The Balaban J connectivity index is 2.15. The molecule has 1 aliphatic heterocycles. The molecule has 6 heteroatoms. The van der Waals surface area contributed by atoms with Gasteiger partial charge in [0.25, 0.3) is 0 Å². The highest BCUT2D eigenvalue weighted by molar-refractivity contribution is 7.84. The minimum absolute atomic E-state index is 0.00579. The molecule has 1 saturated heterocycles. The Morgan fingerprint density at radius 2 is 2.05 bits per heavy atom. The first-order valence-corrected chi connectivity index (χ1v) is 8.50. The van der Waals surface area contributed by atoms with E-state index >= 15 is 0 Å². The molecule has 0 spiro atoms. The molecule has 19 heavy (non-hydrogen) atoms. The topological polar surface area (TPSA) is 66.5 Å². The van der Waals surface area contributed by atoms with Gasteiger partial charge in [-0.05, 0) is 32.1 Å². The molecule has 0 aromatic carbocycles. The van der Waals surface area contributed by atoms with Crippen LogP contribution in [0.5, 0.6) is 0 Å². The Labute approximate surface area is 116 Å². The van der Waals surface area contributed by atoms with Crippen molar-refractivity contribution in [2.24, 2.45) is 5.92 Å². The molecule has 1 saturated carbocycles. The zero-order valence-electron chi connectivity index (χ0n) is 11.7. The fraction of sp³-hybridized carbons (Fsp3) is 0.846. The number of nitrogens with zero attached hydrogens (tertiary/aromatic N) is 1. The van der Waals surface area contributed by atoms with Crippen LogP contribution in [0.1, 0.15) is 33.1 Å². The molecule has 1 heterocycles. The summed E-state index contributed by atoms with van der Waals surface area (Å²) in [5, 5.41) is 2.75. The quantitative estimate of drug-likeness (QED) is 0.789. The lowest BCUT2D eigenvalue weighted by Crippen LogP contribution is -2.64. The van der Waals surface area contributed by atoms with E-state index in [2.05, 4.69) is 5.32 Å². The van der Waals surface area contributed by atoms with Crippen LogP contribution in [0.4, 0.5) is 0 Å². The smallest absolute Gasteiger partial charge is 0.246 e. The van der Waals surface area contributed by atoms with Gasteiger partial charge in [0.05, 0.1) is 0 Å². The van der Waals surface area contributed by atoms with Gasteiger partial charge < -0.3 is 10.2 Å². The molecule has 0 aromatic heterocycles. The average Bonchev–Trinajstić information content (AvgIpc) is 3.17. The van der Waals surface area contributed by atoms with Crippen LogP contribution in [-0.4, -0.2) is 51.1 Å². The SMILES string of the molecule is CCC1C(=O)NC(C2CC2)C(=O)N1CC(C)S(C)=O. The van der Waals surface area contributed by atoms with Gasteiger partial charge in [-0.1, -0.05) is 6.92 Å². The van der Waals surface area contributed by atoms with Crippen LogP contribution in [0.2, 0.25) is 0 Å². The summed E-state index contributed by atoms with van der Waals surface area (Å²) in [6.45, 7) is 4.15. The van der Waals surface area contributed by atoms with Crippen molar-refractivity contribution in [3.05, 3.63) is 0 Å². The monoisotopic (exact) mass is 286 g/mol. The van der Waals surface area contributed by atoms with Crippen LogP contribution >= 0.6 is 0 Å². The maximum Gasteiger partial charge on any atom is 0.246 e. The van der Waals surface area contributed by atoms with Crippen LogP contribution in [0.25, 0.3) is 0 Å². The molecule has 0 radical (unpaired) electrons. The molecule has 0 aromatic rings. The van der Waals surface area contributed by atoms with E-state index < -0.39 is 16.8 Å². The van der Waals surface area contributed by atoms with Crippen molar-refractivity contribution in [1.29, 1.82) is 0 Å². The van der Waals surface area contributed by atoms with Crippen LogP contribution in [0.15, 0.2) is 0 Å². The molecule has 2 rings (SSSR count). The van der Waals surface area contributed by atoms with Crippen molar-refractivity contribution in [2.45, 2.75) is 50.4 Å². The van der Waals surface area contributed by atoms with E-state index in [1.54, 1.807) is 11.2 Å². The van der Waals surface area contributed by atoms with Gasteiger partial charge in [-0.3, -0.25) is 13.8 Å². The lowest BCUT2D eigenvalue weighted by atomic mass is 10.0. The first-order valence-electron chi connectivity index (χ1n) is 6.88. The number of rotatable bonds is 5. The molecular formula is C13H22N2O3S. The van der Waals surface area contributed by atoms with Gasteiger partial charge in [-0.2, -0.15) is 0 Å². The summed E-state index contributed by atoms with van der Waals surface area (Å²) in [6.07, 6.45) is 4.25. The van der Waals surface area contributed by atoms with Crippen molar-refractivity contribution in [3.63, 3.8) is 0 Å². The van der Waals surface area contributed by atoms with Gasteiger partial charge in [0.1, 0.15) is 12.1 Å². The van der Waals surface area contributed by atoms with Crippen molar-refractivity contribution >= 4 is 22.6 Å². The Hall–Kier alpha value is -0.910. The van der Waals surface area contributed by atoms with Crippen molar-refractivity contribution < 1.29 is 13.8 Å². The van der Waals surface area contributed by atoms with E-state index in [0.29, 0.717) is 18.9 Å². The number of carbonyl (C=O) groups is 2. The minimum atomic E-state index is -0.987. The Morgan fingerprint density at radius 3 is 2.53 bits per heavy atom. The Bertz CT molecular complexity index is 409. The second kappa shape index (κ2) is 5.61. The van der Waals surface area contributed by atoms with Crippen molar-refractivity contribution in [3.8, 4) is 0 Å². The molecule has 2 amide bonds. The van der Waals surface area contributed by atoms with Gasteiger partial charge in [0.2, 0.25) is 11.8 Å². The van der Waals surface area contributed by atoms with Gasteiger partial charge in [0.15, 0.2) is 0 Å². The van der Waals surface area contributed by atoms with E-state index in [1.165, 1.54) is 0 Å². The van der Waals surface area contributed by atoms with Gasteiger partial charge >= 0.3 is 0 Å². The predicted molar refractivity (Wildman–Crippen MR) is 74.0 cm³/mol. The molecule has 2 fully saturated rings. The normalized spacial score (nSPS) is 31.0. The lowest BCUT2D eigenvalue weighted by Gasteiger charge is -2.39. The molecule has 4 atom stereocenters. The molecular weight excluding hydrogens is 264 g/mol. The maximum absolute atomic E-state index is 12.5. The van der Waals surface area contributed by atoms with Crippen LogP contribution in [-0.2, 0) is 20.4 Å². The third-order valence-corrected chi connectivity index (χ3v) is 5.31. The molecule has 108 valence electrons. The summed E-state index contributed by atoms with van der Waals surface area (Å²) < 4.78 is 11.5. The summed E-state index contributed by atoms with van der Waals surface area (Å²) in [4.78, 5) is 26.2. The fourth-order valence-electron chi connectivity index (χ4n) is 2.54. The summed E-state index contributed by atoms with van der Waals surface area (Å²) in [5.74, 6) is 0.249. The number of nitrogens with one attached hydrogen (secondary N) is 1. The van der Waals surface area contributed by atoms with Gasteiger partial charge in [0, 0.05) is 28.9 Å². The number of amides is 2. The third-order valence-electron chi connectivity index (χ3n) is 4.03. The van der Waals surface area contributed by atoms with Crippen LogP contribution < -0.4 is 5.32 Å². The highest BCUT2D eigenvalue weighted by Crippen LogP contribution is 2.35. The number of hydrogen-bond acceptors (Lipinski definition) is 3. The first kappa shape index (κ1) is 14.5. The summed E-state index contributed by atoms with van der Waals surface area (Å²) in [6, 6.07) is -0.763. The largest absolute Gasteiger partial charge is 0.342 e. The minimum Gasteiger partial charge on any atom is -0.342 e. The summed E-state index contributed by atoms with van der Waals surface area (Å²) in [5.41, 5.74) is 0. The number of piperazine rings is 1. The maximum atomic E-state index is 12.5. The molecule has 5 nitrogen and oxygen atoms in total. The van der Waals surface area contributed by atoms with Crippen molar-refractivity contribution in [1.82, 2.24) is 10.2 Å². The zero-order valence-corrected chi connectivity index (χ0v) is 12.5. The number of hydrogen-bond donors (Lipinski definition) is 1. The highest BCUT2D eigenvalue weighted by atomic mass is 32.2. The lowest BCUT2D eigenvalue weighted by molar-refractivity contribution is -0.150. The highest BCUT2D eigenvalue weighted by Gasteiger charge is 2.46. The van der Waals surface area contributed by atoms with E-state index in [9.17, 15) is 13.8 Å². The number of carbonyl (C=O) groups excluding carboxylic acids is 2. The van der Waals surface area contributed by atoms with Gasteiger partial charge in [-0.15, -0.1) is 0 Å². The van der Waals surface area contributed by atoms with E-state index in [0.717, 1.165) is 12.8 Å². The van der Waals surface area contributed by atoms with Gasteiger partial charge in [-0.25, -0.2) is 0 Å². The van der Waals surface area contributed by atoms with Crippen molar-refractivity contribution in [2.75, 3.05) is 12.8 Å².